The van der Waals surface area contributed by atoms with Crippen molar-refractivity contribution in [3.05, 3.63) is 54.0 Å². The number of alkyl halides is 3. The van der Waals surface area contributed by atoms with E-state index in [2.05, 4.69) is 31.5 Å². The third kappa shape index (κ3) is 5.63. The number of fused-ring (bicyclic) bond motifs is 1. The standard InChI is InChI=1S/C25H23F3N4O4S/c1-14-6-8-32(13-14)24-30-12-20(37-24)22-18-10-19(23(33)34)31-21(18)15(11-29-22)7-9-35-16-2-4-17(5-3-16)36-25(26,27)28/h2-5,10-12,14,31H,6-9,13H2,1H3,(H,33,34). The van der Waals surface area contributed by atoms with Gasteiger partial charge < -0.3 is 24.5 Å². The first-order valence-electron chi connectivity index (χ1n) is 11.6. The third-order valence-corrected chi connectivity index (χ3v) is 7.16. The maximum atomic E-state index is 12.3. The van der Waals surface area contributed by atoms with E-state index in [1.54, 1.807) is 18.5 Å². The highest BCUT2D eigenvalue weighted by atomic mass is 32.1. The van der Waals surface area contributed by atoms with Gasteiger partial charge in [0.05, 0.1) is 22.7 Å². The number of H-pyrrole nitrogens is 1. The molecule has 4 heterocycles. The molecule has 37 heavy (non-hydrogen) atoms. The number of thiazole rings is 1. The van der Waals surface area contributed by atoms with Crippen LogP contribution in [0.4, 0.5) is 18.3 Å². The number of carboxylic acid groups (broad SMARTS) is 1. The number of hydrogen-bond donors (Lipinski definition) is 2. The van der Waals surface area contributed by atoms with Crippen molar-refractivity contribution in [1.82, 2.24) is 15.0 Å². The maximum absolute atomic E-state index is 12.3. The Morgan fingerprint density at radius 2 is 1.97 bits per heavy atom. The van der Waals surface area contributed by atoms with Crippen molar-refractivity contribution in [2.75, 3.05) is 24.6 Å². The molecule has 4 aromatic rings. The molecule has 0 radical (unpaired) electrons. The van der Waals surface area contributed by atoms with E-state index in [0.717, 1.165) is 35.1 Å². The molecule has 0 bridgehead atoms. The molecule has 8 nitrogen and oxygen atoms in total. The van der Waals surface area contributed by atoms with Crippen LogP contribution in [0, 0.1) is 5.92 Å². The quantitative estimate of drug-likeness (QED) is 0.298. The largest absolute Gasteiger partial charge is 0.573 e. The van der Waals surface area contributed by atoms with Gasteiger partial charge in [0.2, 0.25) is 0 Å². The Morgan fingerprint density at radius 3 is 2.65 bits per heavy atom. The van der Waals surface area contributed by atoms with Gasteiger partial charge in [-0.1, -0.05) is 18.3 Å². The molecular weight excluding hydrogens is 509 g/mol. The number of nitrogens with zero attached hydrogens (tertiary/aromatic N) is 3. The first-order chi connectivity index (χ1) is 17.7. The fraction of sp³-hybridized carbons (Fsp3) is 0.320. The Morgan fingerprint density at radius 1 is 1.22 bits per heavy atom. The van der Waals surface area contributed by atoms with Crippen molar-refractivity contribution < 1.29 is 32.5 Å². The van der Waals surface area contributed by atoms with Crippen molar-refractivity contribution in [3.8, 4) is 22.1 Å². The fourth-order valence-corrected chi connectivity index (χ4v) is 5.28. The van der Waals surface area contributed by atoms with Gasteiger partial charge in [0, 0.05) is 37.3 Å². The average Bonchev–Trinajstić information content (AvgIpc) is 3.58. The van der Waals surface area contributed by atoms with Crippen LogP contribution in [-0.4, -0.2) is 52.1 Å². The number of aromatic carboxylic acids is 1. The summed E-state index contributed by atoms with van der Waals surface area (Å²) in [6.45, 7) is 4.34. The van der Waals surface area contributed by atoms with Crippen LogP contribution in [0.2, 0.25) is 0 Å². The highest BCUT2D eigenvalue weighted by Crippen LogP contribution is 2.37. The molecule has 2 N–H and O–H groups in total. The molecule has 194 valence electrons. The Hall–Kier alpha value is -3.80. The number of hydrogen-bond acceptors (Lipinski definition) is 7. The monoisotopic (exact) mass is 532 g/mol. The number of pyridine rings is 1. The fourth-order valence-electron chi connectivity index (χ4n) is 4.32. The smallest absolute Gasteiger partial charge is 0.493 e. The zero-order valence-electron chi connectivity index (χ0n) is 19.7. The Kier molecular flexibility index (Phi) is 6.67. The number of anilines is 1. The van der Waals surface area contributed by atoms with E-state index >= 15 is 0 Å². The summed E-state index contributed by atoms with van der Waals surface area (Å²) in [5.41, 5.74) is 2.09. The summed E-state index contributed by atoms with van der Waals surface area (Å²) in [4.78, 5) is 27.0. The summed E-state index contributed by atoms with van der Waals surface area (Å²) < 4.78 is 46.5. The van der Waals surface area contributed by atoms with E-state index in [9.17, 15) is 23.1 Å². The van der Waals surface area contributed by atoms with Crippen LogP contribution in [0.15, 0.2) is 42.7 Å². The molecule has 1 fully saturated rings. The molecule has 5 rings (SSSR count). The predicted molar refractivity (Wildman–Crippen MR) is 132 cm³/mol. The van der Waals surface area contributed by atoms with Crippen molar-refractivity contribution in [3.63, 3.8) is 0 Å². The molecule has 1 unspecified atom stereocenters. The molecule has 1 aliphatic heterocycles. The van der Waals surface area contributed by atoms with Crippen LogP contribution in [0.25, 0.3) is 21.5 Å². The Balaban J connectivity index is 1.34. The molecule has 0 saturated carbocycles. The lowest BCUT2D eigenvalue weighted by molar-refractivity contribution is -0.274. The van der Waals surface area contributed by atoms with Crippen LogP contribution in [0.1, 0.15) is 29.4 Å². The van der Waals surface area contributed by atoms with E-state index in [-0.39, 0.29) is 18.1 Å². The van der Waals surface area contributed by atoms with E-state index in [1.807, 2.05) is 0 Å². The number of aromatic amines is 1. The lowest BCUT2D eigenvalue weighted by Crippen LogP contribution is -2.18. The Bertz CT molecular complexity index is 1420. The minimum atomic E-state index is -4.76. The number of carboxylic acids is 1. The zero-order chi connectivity index (χ0) is 26.2. The number of ether oxygens (including phenoxy) is 2. The second-order valence-electron chi connectivity index (χ2n) is 8.87. The molecule has 1 aliphatic rings. The summed E-state index contributed by atoms with van der Waals surface area (Å²) in [7, 11) is 0. The summed E-state index contributed by atoms with van der Waals surface area (Å²) in [6.07, 6.45) is 0.211. The van der Waals surface area contributed by atoms with E-state index in [0.29, 0.717) is 34.7 Å². The zero-order valence-corrected chi connectivity index (χ0v) is 20.5. The van der Waals surface area contributed by atoms with Gasteiger partial charge in [0.15, 0.2) is 5.13 Å². The van der Waals surface area contributed by atoms with Gasteiger partial charge in [0.25, 0.3) is 0 Å². The topological polar surface area (TPSA) is 101 Å². The maximum Gasteiger partial charge on any atom is 0.573 e. The lowest BCUT2D eigenvalue weighted by Gasteiger charge is -2.13. The Labute approximate surface area is 213 Å². The van der Waals surface area contributed by atoms with Crippen molar-refractivity contribution in [2.24, 2.45) is 5.92 Å². The van der Waals surface area contributed by atoms with Gasteiger partial charge >= 0.3 is 12.3 Å². The molecule has 0 aliphatic carbocycles. The summed E-state index contributed by atoms with van der Waals surface area (Å²) in [5, 5.41) is 11.2. The highest BCUT2D eigenvalue weighted by Gasteiger charge is 2.31. The van der Waals surface area contributed by atoms with Crippen LogP contribution >= 0.6 is 11.3 Å². The number of nitrogens with one attached hydrogen (secondary N) is 1. The van der Waals surface area contributed by atoms with Gasteiger partial charge in [-0.3, -0.25) is 4.98 Å². The number of rotatable bonds is 8. The SMILES string of the molecule is CC1CCN(c2ncc(-c3ncc(CCOc4ccc(OC(F)(F)F)cc4)c4[nH]c(C(=O)O)cc34)s2)C1. The number of benzene rings is 1. The predicted octanol–water partition coefficient (Wildman–Crippen LogP) is 5.75. The van der Waals surface area contributed by atoms with Crippen molar-refractivity contribution in [1.29, 1.82) is 0 Å². The minimum absolute atomic E-state index is 0.0461. The summed E-state index contributed by atoms with van der Waals surface area (Å²) in [6, 6.07) is 6.69. The van der Waals surface area contributed by atoms with Gasteiger partial charge in [-0.05, 0) is 48.2 Å². The number of carbonyl (C=O) groups is 1. The van der Waals surface area contributed by atoms with Crippen LogP contribution in [-0.2, 0) is 6.42 Å². The van der Waals surface area contributed by atoms with Crippen molar-refractivity contribution in [2.45, 2.75) is 26.1 Å². The molecule has 1 aromatic carbocycles. The second kappa shape index (κ2) is 9.92. The summed E-state index contributed by atoms with van der Waals surface area (Å²) in [5.74, 6) is -0.421. The molecule has 1 atom stereocenters. The van der Waals surface area contributed by atoms with Crippen LogP contribution in [0.5, 0.6) is 11.5 Å². The second-order valence-corrected chi connectivity index (χ2v) is 9.88. The minimum Gasteiger partial charge on any atom is -0.493 e. The average molecular weight is 533 g/mol. The van der Waals surface area contributed by atoms with E-state index in [1.165, 1.54) is 35.6 Å². The van der Waals surface area contributed by atoms with E-state index < -0.39 is 12.3 Å². The van der Waals surface area contributed by atoms with E-state index in [4.69, 9.17) is 4.74 Å². The number of halogens is 3. The summed E-state index contributed by atoms with van der Waals surface area (Å²) >= 11 is 1.53. The van der Waals surface area contributed by atoms with Gasteiger partial charge in [-0.2, -0.15) is 0 Å². The van der Waals surface area contributed by atoms with Crippen LogP contribution < -0.4 is 14.4 Å². The van der Waals surface area contributed by atoms with Gasteiger partial charge in [-0.25, -0.2) is 9.78 Å². The lowest BCUT2D eigenvalue weighted by atomic mass is 10.1. The first kappa shape index (κ1) is 24.9. The normalized spacial score (nSPS) is 15.9. The molecule has 0 spiro atoms. The van der Waals surface area contributed by atoms with Crippen molar-refractivity contribution >= 4 is 33.3 Å². The third-order valence-electron chi connectivity index (χ3n) is 6.09. The van der Waals surface area contributed by atoms with Gasteiger partial charge in [0.1, 0.15) is 17.2 Å². The van der Waals surface area contributed by atoms with Crippen LogP contribution in [0.3, 0.4) is 0 Å². The number of aromatic nitrogens is 3. The molecule has 0 amide bonds. The van der Waals surface area contributed by atoms with Gasteiger partial charge in [-0.15, -0.1) is 13.2 Å². The highest BCUT2D eigenvalue weighted by molar-refractivity contribution is 7.19. The molecule has 1 saturated heterocycles. The molecular formula is C25H23F3N4O4S. The molecule has 12 heteroatoms. The molecule has 3 aromatic heterocycles. The first-order valence-corrected chi connectivity index (χ1v) is 12.4.